The Morgan fingerprint density at radius 1 is 1.25 bits per heavy atom. The number of hydrogen-bond donors (Lipinski definition) is 0. The Morgan fingerprint density at radius 2 is 1.90 bits per heavy atom. The summed E-state index contributed by atoms with van der Waals surface area (Å²) in [5.41, 5.74) is 0. The van der Waals surface area contributed by atoms with E-state index in [0.717, 1.165) is 12.8 Å². The summed E-state index contributed by atoms with van der Waals surface area (Å²) in [5.74, 6) is 0.553. The molecule has 1 atom stereocenters. The fourth-order valence-corrected chi connectivity index (χ4v) is 2.55. The number of hydrogen-bond acceptors (Lipinski definition) is 3. The first-order valence-corrected chi connectivity index (χ1v) is 7.25. The summed E-state index contributed by atoms with van der Waals surface area (Å²) >= 11 is 0. The summed E-state index contributed by atoms with van der Waals surface area (Å²) in [6.45, 7) is 6.43. The van der Waals surface area contributed by atoms with E-state index in [0.29, 0.717) is 31.9 Å². The molecule has 0 aliphatic carbocycles. The third-order valence-electron chi connectivity index (χ3n) is 3.75. The Bertz CT molecular complexity index is 448. The van der Waals surface area contributed by atoms with Crippen molar-refractivity contribution in [1.82, 2.24) is 9.80 Å². The molecule has 5 nitrogen and oxygen atoms in total. The molecule has 1 aliphatic heterocycles. The minimum absolute atomic E-state index is 0.0762. The van der Waals surface area contributed by atoms with Crippen molar-refractivity contribution < 1.29 is 14.0 Å². The van der Waals surface area contributed by atoms with Crippen molar-refractivity contribution in [2.45, 2.75) is 26.7 Å². The van der Waals surface area contributed by atoms with Crippen molar-refractivity contribution in [3.8, 4) is 0 Å². The molecular formula is C15H22N2O3. The predicted molar refractivity (Wildman–Crippen MR) is 75.3 cm³/mol. The second-order valence-corrected chi connectivity index (χ2v) is 5.28. The van der Waals surface area contributed by atoms with Gasteiger partial charge in [-0.05, 0) is 18.6 Å². The highest BCUT2D eigenvalue weighted by molar-refractivity contribution is 5.91. The molecule has 5 heteroatoms. The van der Waals surface area contributed by atoms with Crippen molar-refractivity contribution in [2.75, 3.05) is 26.2 Å². The maximum absolute atomic E-state index is 12.2. The van der Waals surface area contributed by atoms with Gasteiger partial charge in [0.25, 0.3) is 5.91 Å². The van der Waals surface area contributed by atoms with Crippen LogP contribution in [0.1, 0.15) is 37.2 Å². The number of carbonyl (C=O) groups excluding carboxylic acids is 2. The highest BCUT2D eigenvalue weighted by Crippen LogP contribution is 2.14. The van der Waals surface area contributed by atoms with Crippen LogP contribution >= 0.6 is 0 Å². The van der Waals surface area contributed by atoms with E-state index in [4.69, 9.17) is 4.42 Å². The van der Waals surface area contributed by atoms with Crippen LogP contribution in [-0.4, -0.2) is 47.8 Å². The van der Waals surface area contributed by atoms with E-state index < -0.39 is 0 Å². The molecule has 0 aromatic carbocycles. The third kappa shape index (κ3) is 3.21. The minimum Gasteiger partial charge on any atom is -0.459 e. The molecule has 2 rings (SSSR count). The first kappa shape index (κ1) is 14.6. The van der Waals surface area contributed by atoms with Gasteiger partial charge in [-0.25, -0.2) is 0 Å². The summed E-state index contributed by atoms with van der Waals surface area (Å²) in [5, 5.41) is 0. The fraction of sp³-hybridized carbons (Fsp3) is 0.600. The fourth-order valence-electron chi connectivity index (χ4n) is 2.55. The van der Waals surface area contributed by atoms with Crippen LogP contribution in [0.5, 0.6) is 0 Å². The SMILES string of the molecule is CCC[C@@H](C)C(=O)N1CCN(C(=O)c2ccco2)CC1. The van der Waals surface area contributed by atoms with Crippen LogP contribution < -0.4 is 0 Å². The average Bonchev–Trinajstić information content (AvgIpc) is 3.00. The second-order valence-electron chi connectivity index (χ2n) is 5.28. The monoisotopic (exact) mass is 278 g/mol. The Morgan fingerprint density at radius 3 is 2.45 bits per heavy atom. The zero-order valence-corrected chi connectivity index (χ0v) is 12.2. The molecule has 0 spiro atoms. The summed E-state index contributed by atoms with van der Waals surface area (Å²) in [4.78, 5) is 27.9. The highest BCUT2D eigenvalue weighted by atomic mass is 16.3. The maximum Gasteiger partial charge on any atom is 0.289 e. The number of carbonyl (C=O) groups is 2. The van der Waals surface area contributed by atoms with Gasteiger partial charge >= 0.3 is 0 Å². The van der Waals surface area contributed by atoms with Crippen LogP contribution in [0.2, 0.25) is 0 Å². The van der Waals surface area contributed by atoms with E-state index in [9.17, 15) is 9.59 Å². The molecule has 1 aliphatic rings. The van der Waals surface area contributed by atoms with E-state index in [-0.39, 0.29) is 17.7 Å². The van der Waals surface area contributed by atoms with Gasteiger partial charge in [-0.3, -0.25) is 9.59 Å². The van der Waals surface area contributed by atoms with Gasteiger partial charge in [-0.2, -0.15) is 0 Å². The van der Waals surface area contributed by atoms with Gasteiger partial charge in [0.1, 0.15) is 0 Å². The van der Waals surface area contributed by atoms with E-state index >= 15 is 0 Å². The van der Waals surface area contributed by atoms with Gasteiger partial charge in [-0.15, -0.1) is 0 Å². The molecule has 20 heavy (non-hydrogen) atoms. The van der Waals surface area contributed by atoms with Gasteiger partial charge in [0.15, 0.2) is 5.76 Å². The lowest BCUT2D eigenvalue weighted by Crippen LogP contribution is -2.51. The maximum atomic E-state index is 12.2. The number of piperazine rings is 1. The van der Waals surface area contributed by atoms with Crippen LogP contribution in [0.3, 0.4) is 0 Å². The molecule has 1 aromatic heterocycles. The molecule has 0 N–H and O–H groups in total. The van der Waals surface area contributed by atoms with E-state index in [2.05, 4.69) is 6.92 Å². The zero-order chi connectivity index (χ0) is 14.5. The number of furan rings is 1. The first-order valence-electron chi connectivity index (χ1n) is 7.25. The van der Waals surface area contributed by atoms with E-state index in [1.54, 1.807) is 17.0 Å². The van der Waals surface area contributed by atoms with Crippen molar-refractivity contribution in [2.24, 2.45) is 5.92 Å². The van der Waals surface area contributed by atoms with E-state index in [1.807, 2.05) is 11.8 Å². The normalized spacial score (nSPS) is 17.1. The van der Waals surface area contributed by atoms with Crippen LogP contribution in [0.15, 0.2) is 22.8 Å². The lowest BCUT2D eigenvalue weighted by Gasteiger charge is -2.35. The summed E-state index contributed by atoms with van der Waals surface area (Å²) in [7, 11) is 0. The standard InChI is InChI=1S/C15H22N2O3/c1-3-5-12(2)14(18)16-7-9-17(10-8-16)15(19)13-6-4-11-20-13/h4,6,11-12H,3,5,7-10H2,1-2H3/t12-/m1/s1. The molecule has 110 valence electrons. The van der Waals surface area contributed by atoms with Gasteiger partial charge in [-0.1, -0.05) is 20.3 Å². The molecule has 0 radical (unpaired) electrons. The minimum atomic E-state index is -0.0938. The summed E-state index contributed by atoms with van der Waals surface area (Å²) < 4.78 is 5.12. The Balaban J connectivity index is 1.86. The average molecular weight is 278 g/mol. The van der Waals surface area contributed by atoms with Crippen molar-refractivity contribution >= 4 is 11.8 Å². The number of nitrogens with zero attached hydrogens (tertiary/aromatic N) is 2. The molecule has 0 saturated carbocycles. The summed E-state index contributed by atoms with van der Waals surface area (Å²) in [6, 6.07) is 3.38. The number of amides is 2. The molecule has 0 bridgehead atoms. The largest absolute Gasteiger partial charge is 0.459 e. The lowest BCUT2D eigenvalue weighted by atomic mass is 10.0. The van der Waals surface area contributed by atoms with Gasteiger partial charge in [0.05, 0.1) is 6.26 Å². The van der Waals surface area contributed by atoms with Crippen molar-refractivity contribution in [3.05, 3.63) is 24.2 Å². The Labute approximate surface area is 119 Å². The molecule has 2 heterocycles. The van der Waals surface area contributed by atoms with E-state index in [1.165, 1.54) is 6.26 Å². The Kier molecular flexibility index (Phi) is 4.82. The van der Waals surface area contributed by atoms with Crippen LogP contribution in [0, 0.1) is 5.92 Å². The quantitative estimate of drug-likeness (QED) is 0.846. The van der Waals surface area contributed by atoms with Crippen LogP contribution in [-0.2, 0) is 4.79 Å². The summed E-state index contributed by atoms with van der Waals surface area (Å²) in [6.07, 6.45) is 3.44. The third-order valence-corrected chi connectivity index (χ3v) is 3.75. The van der Waals surface area contributed by atoms with Crippen molar-refractivity contribution in [3.63, 3.8) is 0 Å². The molecule has 1 saturated heterocycles. The van der Waals surface area contributed by atoms with Gasteiger partial charge in [0, 0.05) is 32.1 Å². The van der Waals surface area contributed by atoms with Gasteiger partial charge in [0.2, 0.25) is 5.91 Å². The first-order chi connectivity index (χ1) is 9.63. The van der Waals surface area contributed by atoms with Gasteiger partial charge < -0.3 is 14.2 Å². The smallest absolute Gasteiger partial charge is 0.289 e. The second kappa shape index (κ2) is 6.59. The highest BCUT2D eigenvalue weighted by Gasteiger charge is 2.27. The topological polar surface area (TPSA) is 53.8 Å². The molecular weight excluding hydrogens is 256 g/mol. The Hall–Kier alpha value is -1.78. The number of rotatable bonds is 4. The molecule has 1 aromatic rings. The molecule has 0 unspecified atom stereocenters. The van der Waals surface area contributed by atoms with Crippen LogP contribution in [0.25, 0.3) is 0 Å². The lowest BCUT2D eigenvalue weighted by molar-refractivity contribution is -0.136. The van der Waals surface area contributed by atoms with Crippen LogP contribution in [0.4, 0.5) is 0 Å². The zero-order valence-electron chi connectivity index (χ0n) is 12.2. The predicted octanol–water partition coefficient (Wildman–Crippen LogP) is 2.00. The molecule has 2 amide bonds. The molecule has 1 fully saturated rings. The van der Waals surface area contributed by atoms with Crippen molar-refractivity contribution in [1.29, 1.82) is 0 Å².